The Kier molecular flexibility index (Phi) is 4.62. The van der Waals surface area contributed by atoms with Gasteiger partial charge in [-0.05, 0) is 17.7 Å². The SMILES string of the molecule is CN(Cc1cccc(Br)c1)S(=O)(=O)c1cnc(Cl)s1. The Morgan fingerprint density at radius 2 is 2.21 bits per heavy atom. The molecule has 4 nitrogen and oxygen atoms in total. The minimum absolute atomic E-state index is 0.148. The molecule has 8 heteroatoms. The van der Waals surface area contributed by atoms with Crippen molar-refractivity contribution in [2.24, 2.45) is 0 Å². The Balaban J connectivity index is 2.22. The predicted molar refractivity (Wildman–Crippen MR) is 79.9 cm³/mol. The van der Waals surface area contributed by atoms with Crippen molar-refractivity contribution in [2.45, 2.75) is 10.8 Å². The second-order valence-corrected chi connectivity index (χ2v) is 8.62. The van der Waals surface area contributed by atoms with Crippen LogP contribution in [0.4, 0.5) is 0 Å². The third-order valence-electron chi connectivity index (χ3n) is 2.42. The van der Waals surface area contributed by atoms with Crippen LogP contribution in [0, 0.1) is 0 Å². The van der Waals surface area contributed by atoms with Crippen molar-refractivity contribution in [2.75, 3.05) is 7.05 Å². The van der Waals surface area contributed by atoms with Gasteiger partial charge < -0.3 is 0 Å². The third kappa shape index (κ3) is 3.55. The van der Waals surface area contributed by atoms with E-state index in [2.05, 4.69) is 20.9 Å². The molecule has 0 radical (unpaired) electrons. The first-order valence-corrected chi connectivity index (χ1v) is 8.64. The lowest BCUT2D eigenvalue weighted by Gasteiger charge is -2.15. The van der Waals surface area contributed by atoms with Crippen LogP contribution in [0.5, 0.6) is 0 Å². The lowest BCUT2D eigenvalue weighted by molar-refractivity contribution is 0.468. The zero-order valence-electron chi connectivity index (χ0n) is 9.88. The summed E-state index contributed by atoms with van der Waals surface area (Å²) in [5, 5.41) is 0. The number of benzene rings is 1. The number of hydrogen-bond donors (Lipinski definition) is 0. The largest absolute Gasteiger partial charge is 0.254 e. The molecule has 0 saturated carbocycles. The summed E-state index contributed by atoms with van der Waals surface area (Å²) in [6.45, 7) is 0.289. The summed E-state index contributed by atoms with van der Waals surface area (Å²) in [4.78, 5) is 3.76. The van der Waals surface area contributed by atoms with Crippen molar-refractivity contribution in [1.29, 1.82) is 0 Å². The minimum Gasteiger partial charge on any atom is -0.232 e. The molecule has 0 spiro atoms. The Morgan fingerprint density at radius 1 is 1.47 bits per heavy atom. The lowest BCUT2D eigenvalue weighted by atomic mass is 10.2. The van der Waals surface area contributed by atoms with Crippen molar-refractivity contribution in [3.05, 3.63) is 45.0 Å². The maximum Gasteiger partial charge on any atom is 0.254 e. The molecule has 0 fully saturated rings. The molecule has 0 unspecified atom stereocenters. The van der Waals surface area contributed by atoms with Crippen LogP contribution in [-0.4, -0.2) is 24.8 Å². The Morgan fingerprint density at radius 3 is 2.79 bits per heavy atom. The van der Waals surface area contributed by atoms with E-state index in [-0.39, 0.29) is 15.2 Å². The first kappa shape index (κ1) is 14.9. The number of thiazole rings is 1. The van der Waals surface area contributed by atoms with Gasteiger partial charge >= 0.3 is 0 Å². The molecule has 0 aliphatic rings. The standard InChI is InChI=1S/C11H10BrClN2O2S2/c1-15(7-8-3-2-4-9(12)5-8)19(16,17)10-6-14-11(13)18-10/h2-6H,7H2,1H3. The molecule has 1 aromatic heterocycles. The van der Waals surface area contributed by atoms with Gasteiger partial charge in [0.05, 0.1) is 6.20 Å². The van der Waals surface area contributed by atoms with Crippen molar-refractivity contribution < 1.29 is 8.42 Å². The predicted octanol–water partition coefficient (Wildman–Crippen LogP) is 3.38. The molecule has 1 aromatic carbocycles. The highest BCUT2D eigenvalue weighted by Gasteiger charge is 2.23. The van der Waals surface area contributed by atoms with Crippen molar-refractivity contribution in [3.63, 3.8) is 0 Å². The smallest absolute Gasteiger partial charge is 0.232 e. The number of rotatable bonds is 4. The van der Waals surface area contributed by atoms with Crippen LogP contribution in [0.1, 0.15) is 5.56 Å². The highest BCUT2D eigenvalue weighted by atomic mass is 79.9. The topological polar surface area (TPSA) is 50.3 Å². The molecule has 19 heavy (non-hydrogen) atoms. The van der Waals surface area contributed by atoms with E-state index in [0.29, 0.717) is 0 Å². The molecule has 0 N–H and O–H groups in total. The van der Waals surface area contributed by atoms with Gasteiger partial charge in [0, 0.05) is 18.1 Å². The average molecular weight is 382 g/mol. The number of halogens is 2. The van der Waals surface area contributed by atoms with Crippen molar-refractivity contribution >= 4 is 48.9 Å². The van der Waals surface area contributed by atoms with Crippen LogP contribution in [-0.2, 0) is 16.6 Å². The molecule has 0 bridgehead atoms. The molecule has 2 aromatic rings. The number of aromatic nitrogens is 1. The minimum atomic E-state index is -3.54. The highest BCUT2D eigenvalue weighted by Crippen LogP contribution is 2.26. The summed E-state index contributed by atoms with van der Waals surface area (Å²) in [6.07, 6.45) is 1.28. The zero-order valence-corrected chi connectivity index (χ0v) is 13.9. The summed E-state index contributed by atoms with van der Waals surface area (Å²) in [5.74, 6) is 0. The summed E-state index contributed by atoms with van der Waals surface area (Å²) in [5.41, 5.74) is 0.899. The molecular weight excluding hydrogens is 372 g/mol. The molecule has 0 saturated heterocycles. The van der Waals surface area contributed by atoms with Crippen LogP contribution in [0.15, 0.2) is 39.1 Å². The summed E-state index contributed by atoms with van der Waals surface area (Å²) >= 11 is 9.98. The van der Waals surface area contributed by atoms with Crippen LogP contribution >= 0.6 is 38.9 Å². The highest BCUT2D eigenvalue weighted by molar-refractivity contribution is 9.10. The molecule has 1 heterocycles. The second-order valence-electron chi connectivity index (χ2n) is 3.82. The third-order valence-corrected chi connectivity index (χ3v) is 6.26. The van der Waals surface area contributed by atoms with Crippen molar-refractivity contribution in [1.82, 2.24) is 9.29 Å². The summed E-state index contributed by atoms with van der Waals surface area (Å²) < 4.78 is 27.1. The van der Waals surface area contributed by atoms with Crippen LogP contribution in [0.3, 0.4) is 0 Å². The van der Waals surface area contributed by atoms with Crippen LogP contribution in [0.25, 0.3) is 0 Å². The van der Waals surface area contributed by atoms with Gasteiger partial charge in [0.15, 0.2) is 8.68 Å². The van der Waals surface area contributed by atoms with E-state index in [1.54, 1.807) is 0 Å². The Hall–Kier alpha value is -0.470. The molecule has 0 aliphatic heterocycles. The Labute approximate surface area is 129 Å². The van der Waals surface area contributed by atoms with E-state index in [1.165, 1.54) is 17.5 Å². The Bertz CT molecular complexity index is 688. The molecule has 102 valence electrons. The van der Waals surface area contributed by atoms with Gasteiger partial charge in [0.1, 0.15) is 0 Å². The average Bonchev–Trinajstić information content (AvgIpc) is 2.76. The fourth-order valence-corrected chi connectivity index (χ4v) is 4.60. The molecule has 0 atom stereocenters. The molecule has 0 aliphatic carbocycles. The fourth-order valence-electron chi connectivity index (χ4n) is 1.49. The van der Waals surface area contributed by atoms with Crippen LogP contribution < -0.4 is 0 Å². The maximum absolute atomic E-state index is 12.3. The van der Waals surface area contributed by atoms with Gasteiger partial charge in [-0.15, -0.1) is 0 Å². The number of sulfonamides is 1. The zero-order chi connectivity index (χ0) is 14.0. The maximum atomic E-state index is 12.3. The normalized spacial score (nSPS) is 12.0. The van der Waals surface area contributed by atoms with Crippen LogP contribution in [0.2, 0.25) is 4.47 Å². The van der Waals surface area contributed by atoms with Gasteiger partial charge in [-0.3, -0.25) is 0 Å². The molecule has 0 amide bonds. The monoisotopic (exact) mass is 380 g/mol. The quantitative estimate of drug-likeness (QED) is 0.816. The van der Waals surface area contributed by atoms with E-state index < -0.39 is 10.0 Å². The molecular formula is C11H10BrClN2O2S2. The molecule has 2 rings (SSSR count). The van der Waals surface area contributed by atoms with E-state index >= 15 is 0 Å². The van der Waals surface area contributed by atoms with Gasteiger partial charge in [-0.25, -0.2) is 13.4 Å². The lowest BCUT2D eigenvalue weighted by Crippen LogP contribution is -2.25. The summed E-state index contributed by atoms with van der Waals surface area (Å²) in [7, 11) is -2.01. The second kappa shape index (κ2) is 5.88. The van der Waals surface area contributed by atoms with Gasteiger partial charge in [-0.2, -0.15) is 4.31 Å². The van der Waals surface area contributed by atoms with Gasteiger partial charge in [0.2, 0.25) is 0 Å². The first-order chi connectivity index (χ1) is 8.89. The van der Waals surface area contributed by atoms with E-state index in [0.717, 1.165) is 21.4 Å². The van der Waals surface area contributed by atoms with E-state index in [9.17, 15) is 8.42 Å². The fraction of sp³-hybridized carbons (Fsp3) is 0.182. The van der Waals surface area contributed by atoms with Gasteiger partial charge in [-0.1, -0.05) is 51.0 Å². The van der Waals surface area contributed by atoms with Crippen molar-refractivity contribution in [3.8, 4) is 0 Å². The summed E-state index contributed by atoms with van der Waals surface area (Å²) in [6, 6.07) is 7.51. The van der Waals surface area contributed by atoms with E-state index in [4.69, 9.17) is 11.6 Å². The van der Waals surface area contributed by atoms with E-state index in [1.807, 2.05) is 24.3 Å². The number of hydrogen-bond acceptors (Lipinski definition) is 4. The van der Waals surface area contributed by atoms with Gasteiger partial charge in [0.25, 0.3) is 10.0 Å². The first-order valence-electron chi connectivity index (χ1n) is 5.22. The number of nitrogens with zero attached hydrogens (tertiary/aromatic N) is 2.